The third kappa shape index (κ3) is 4.55. The molecule has 1 heterocycles. The molecule has 21 heavy (non-hydrogen) atoms. The van der Waals surface area contributed by atoms with E-state index >= 15 is 0 Å². The lowest BCUT2D eigenvalue weighted by molar-refractivity contribution is 0.159. The van der Waals surface area contributed by atoms with Gasteiger partial charge in [-0.05, 0) is 47.8 Å². The van der Waals surface area contributed by atoms with Crippen LogP contribution in [0, 0.1) is 3.57 Å². The second kappa shape index (κ2) is 8.31. The van der Waals surface area contributed by atoms with Crippen LogP contribution in [0.25, 0.3) is 11.0 Å². The number of fused-ring (bicyclic) bond motifs is 1. The van der Waals surface area contributed by atoms with Crippen LogP contribution in [0.1, 0.15) is 5.82 Å². The SMILES string of the molecule is COCCN(C)CCn1c(CCCl)nc2cc(I)ccc21. The number of rotatable bonds is 8. The van der Waals surface area contributed by atoms with Gasteiger partial charge in [0.25, 0.3) is 0 Å². The molecule has 0 N–H and O–H groups in total. The Kier molecular flexibility index (Phi) is 6.73. The number of benzene rings is 1. The second-order valence-electron chi connectivity index (χ2n) is 5.05. The fourth-order valence-corrected chi connectivity index (χ4v) is 2.95. The molecule has 0 aliphatic heterocycles. The van der Waals surface area contributed by atoms with Crippen molar-refractivity contribution in [2.45, 2.75) is 13.0 Å². The Labute approximate surface area is 144 Å². The van der Waals surface area contributed by atoms with Gasteiger partial charge in [0.15, 0.2) is 0 Å². The number of nitrogens with zero attached hydrogens (tertiary/aromatic N) is 3. The zero-order valence-corrected chi connectivity index (χ0v) is 15.4. The van der Waals surface area contributed by atoms with E-state index in [1.165, 1.54) is 9.09 Å². The molecule has 0 saturated heterocycles. The Hall–Kier alpha value is -0.370. The highest BCUT2D eigenvalue weighted by atomic mass is 127. The molecule has 0 saturated carbocycles. The van der Waals surface area contributed by atoms with Crippen LogP contribution in [0.5, 0.6) is 0 Å². The molecule has 1 aromatic carbocycles. The normalized spacial score (nSPS) is 11.7. The summed E-state index contributed by atoms with van der Waals surface area (Å²) >= 11 is 8.24. The lowest BCUT2D eigenvalue weighted by Gasteiger charge is -2.17. The number of aromatic nitrogens is 2. The van der Waals surface area contributed by atoms with Crippen molar-refractivity contribution in [3.05, 3.63) is 27.6 Å². The minimum absolute atomic E-state index is 0.597. The zero-order valence-electron chi connectivity index (χ0n) is 12.5. The van der Waals surface area contributed by atoms with Crippen LogP contribution in [0.3, 0.4) is 0 Å². The number of hydrogen-bond acceptors (Lipinski definition) is 3. The highest BCUT2D eigenvalue weighted by molar-refractivity contribution is 14.1. The van der Waals surface area contributed by atoms with Gasteiger partial charge in [-0.3, -0.25) is 0 Å². The van der Waals surface area contributed by atoms with Crippen molar-refractivity contribution in [2.24, 2.45) is 0 Å². The Morgan fingerprint density at radius 3 is 2.90 bits per heavy atom. The summed E-state index contributed by atoms with van der Waals surface area (Å²) in [5.41, 5.74) is 2.25. The van der Waals surface area contributed by atoms with Gasteiger partial charge in [0, 0.05) is 42.6 Å². The molecule has 0 aliphatic carbocycles. The van der Waals surface area contributed by atoms with Gasteiger partial charge in [0.1, 0.15) is 5.82 Å². The lowest BCUT2D eigenvalue weighted by Crippen LogP contribution is -2.27. The fourth-order valence-electron chi connectivity index (χ4n) is 2.31. The van der Waals surface area contributed by atoms with Gasteiger partial charge in [-0.15, -0.1) is 11.6 Å². The van der Waals surface area contributed by atoms with Gasteiger partial charge >= 0.3 is 0 Å². The van der Waals surface area contributed by atoms with E-state index < -0.39 is 0 Å². The van der Waals surface area contributed by atoms with Crippen LogP contribution >= 0.6 is 34.2 Å². The Balaban J connectivity index is 2.18. The lowest BCUT2D eigenvalue weighted by atomic mass is 10.3. The molecule has 4 nitrogen and oxygen atoms in total. The molecule has 0 atom stereocenters. The predicted molar refractivity (Wildman–Crippen MR) is 96.2 cm³/mol. The van der Waals surface area contributed by atoms with Gasteiger partial charge in [0.05, 0.1) is 17.6 Å². The molecule has 1 aromatic heterocycles. The summed E-state index contributed by atoms with van der Waals surface area (Å²) in [7, 11) is 3.85. The van der Waals surface area contributed by atoms with Crippen LogP contribution in [0.2, 0.25) is 0 Å². The third-order valence-electron chi connectivity index (χ3n) is 3.49. The van der Waals surface area contributed by atoms with E-state index in [2.05, 4.69) is 57.3 Å². The molecule has 0 aliphatic rings. The van der Waals surface area contributed by atoms with E-state index in [0.717, 1.165) is 44.0 Å². The summed E-state index contributed by atoms with van der Waals surface area (Å²) in [5.74, 6) is 1.67. The highest BCUT2D eigenvalue weighted by Crippen LogP contribution is 2.19. The maximum absolute atomic E-state index is 5.92. The fraction of sp³-hybridized carbons (Fsp3) is 0.533. The number of hydrogen-bond donors (Lipinski definition) is 0. The first-order valence-corrected chi connectivity index (χ1v) is 8.65. The number of methoxy groups -OCH3 is 1. The summed E-state index contributed by atoms with van der Waals surface area (Å²) in [6, 6.07) is 6.40. The first-order chi connectivity index (χ1) is 10.2. The smallest absolute Gasteiger partial charge is 0.111 e. The first kappa shape index (κ1) is 17.0. The summed E-state index contributed by atoms with van der Waals surface area (Å²) in [6.07, 6.45) is 0.800. The summed E-state index contributed by atoms with van der Waals surface area (Å²) < 4.78 is 8.61. The zero-order chi connectivity index (χ0) is 15.2. The van der Waals surface area contributed by atoms with Crippen molar-refractivity contribution in [3.8, 4) is 0 Å². The summed E-state index contributed by atoms with van der Waals surface area (Å²) in [4.78, 5) is 7.00. The molecule has 0 bridgehead atoms. The van der Waals surface area contributed by atoms with Crippen molar-refractivity contribution in [1.29, 1.82) is 0 Å². The molecular weight excluding hydrogens is 401 g/mol. The van der Waals surface area contributed by atoms with Gasteiger partial charge < -0.3 is 14.2 Å². The number of likely N-dealkylation sites (N-methyl/N-ethyl adjacent to an activating group) is 1. The van der Waals surface area contributed by atoms with E-state index in [9.17, 15) is 0 Å². The predicted octanol–water partition coefficient (Wildman–Crippen LogP) is 3.00. The second-order valence-corrected chi connectivity index (χ2v) is 6.67. The standard InChI is InChI=1S/C15H21ClIN3O/c1-19(9-10-21-2)7-8-20-14-4-3-12(17)11-13(14)18-15(20)5-6-16/h3-4,11H,5-10H2,1-2H3. The van der Waals surface area contributed by atoms with Crippen molar-refractivity contribution in [3.63, 3.8) is 0 Å². The molecule has 116 valence electrons. The van der Waals surface area contributed by atoms with Gasteiger partial charge in [-0.1, -0.05) is 0 Å². The van der Waals surface area contributed by atoms with Crippen LogP contribution in [0.15, 0.2) is 18.2 Å². The third-order valence-corrected chi connectivity index (χ3v) is 4.35. The first-order valence-electron chi connectivity index (χ1n) is 7.04. The summed E-state index contributed by atoms with van der Waals surface area (Å²) in [5, 5.41) is 0. The van der Waals surface area contributed by atoms with Crippen LogP contribution in [-0.2, 0) is 17.7 Å². The van der Waals surface area contributed by atoms with Crippen molar-refractivity contribution in [1.82, 2.24) is 14.5 Å². The molecular formula is C15H21ClIN3O. The average molecular weight is 422 g/mol. The van der Waals surface area contributed by atoms with Gasteiger partial charge in [-0.25, -0.2) is 4.98 Å². The Morgan fingerprint density at radius 2 is 2.19 bits per heavy atom. The quantitative estimate of drug-likeness (QED) is 0.485. The topological polar surface area (TPSA) is 30.3 Å². The summed E-state index contributed by atoms with van der Waals surface area (Å²) in [6.45, 7) is 3.58. The van der Waals surface area contributed by atoms with E-state index in [1.807, 2.05) is 0 Å². The molecule has 2 aromatic rings. The van der Waals surface area contributed by atoms with Crippen LogP contribution in [0.4, 0.5) is 0 Å². The molecule has 0 radical (unpaired) electrons. The number of ether oxygens (including phenoxy) is 1. The highest BCUT2D eigenvalue weighted by Gasteiger charge is 2.11. The Bertz CT molecular complexity index is 588. The van der Waals surface area contributed by atoms with Crippen molar-refractivity contribution >= 4 is 45.2 Å². The van der Waals surface area contributed by atoms with Crippen LogP contribution < -0.4 is 0 Å². The maximum Gasteiger partial charge on any atom is 0.111 e. The minimum Gasteiger partial charge on any atom is -0.383 e. The molecule has 6 heteroatoms. The van der Waals surface area contributed by atoms with E-state index in [4.69, 9.17) is 21.3 Å². The monoisotopic (exact) mass is 421 g/mol. The minimum atomic E-state index is 0.597. The number of aryl methyl sites for hydroxylation is 1. The molecule has 0 unspecified atom stereocenters. The molecule has 2 rings (SSSR count). The van der Waals surface area contributed by atoms with Crippen LogP contribution in [-0.4, -0.2) is 54.2 Å². The number of imidazole rings is 1. The maximum atomic E-state index is 5.92. The van der Waals surface area contributed by atoms with E-state index in [1.54, 1.807) is 7.11 Å². The largest absolute Gasteiger partial charge is 0.383 e. The average Bonchev–Trinajstić information content (AvgIpc) is 2.79. The Morgan fingerprint density at radius 1 is 1.38 bits per heavy atom. The molecule has 0 fully saturated rings. The van der Waals surface area contributed by atoms with Crippen molar-refractivity contribution < 1.29 is 4.74 Å². The number of halogens is 2. The van der Waals surface area contributed by atoms with Gasteiger partial charge in [-0.2, -0.15) is 0 Å². The molecule has 0 spiro atoms. The molecule has 0 amide bonds. The van der Waals surface area contributed by atoms with Crippen molar-refractivity contribution in [2.75, 3.05) is 39.7 Å². The van der Waals surface area contributed by atoms with E-state index in [0.29, 0.717) is 5.88 Å². The number of alkyl halides is 1. The van der Waals surface area contributed by atoms with Gasteiger partial charge in [0.2, 0.25) is 0 Å². The van der Waals surface area contributed by atoms with E-state index in [-0.39, 0.29) is 0 Å².